The molecule has 0 saturated carbocycles. The summed E-state index contributed by atoms with van der Waals surface area (Å²) in [6.07, 6.45) is 9.45. The highest BCUT2D eigenvalue weighted by Crippen LogP contribution is 2.27. The number of nitrogens with zero attached hydrogens (tertiary/aromatic N) is 8. The highest BCUT2D eigenvalue weighted by atomic mass is 35.5. The summed E-state index contributed by atoms with van der Waals surface area (Å²) in [5, 5.41) is 12.7. The Bertz CT molecular complexity index is 1020. The number of rotatable bonds is 4. The molecule has 0 aromatic carbocycles. The van der Waals surface area contributed by atoms with Crippen molar-refractivity contribution in [3.05, 3.63) is 54.2 Å². The summed E-state index contributed by atoms with van der Waals surface area (Å²) >= 11 is 6.10. The van der Waals surface area contributed by atoms with Crippen LogP contribution in [-0.4, -0.2) is 39.9 Å². The Morgan fingerprint density at radius 3 is 2.60 bits per heavy atom. The van der Waals surface area contributed by atoms with Gasteiger partial charge in [-0.2, -0.15) is 10.2 Å². The van der Waals surface area contributed by atoms with Crippen LogP contribution in [-0.2, 0) is 0 Å². The maximum absolute atomic E-state index is 6.10. The molecule has 0 aliphatic rings. The summed E-state index contributed by atoms with van der Waals surface area (Å²) in [4.78, 5) is 22.7. The Balaban J connectivity index is 1.73. The maximum Gasteiger partial charge on any atom is 0.198 e. The number of nitrogens with one attached hydrogen (secondary N) is 1. The van der Waals surface area contributed by atoms with Gasteiger partial charge in [0.25, 0.3) is 0 Å². The summed E-state index contributed by atoms with van der Waals surface area (Å²) in [7, 11) is 0. The van der Waals surface area contributed by atoms with Gasteiger partial charge in [0.15, 0.2) is 11.0 Å². The van der Waals surface area contributed by atoms with E-state index in [-0.39, 0.29) is 6.04 Å². The standard InChI is InChI=1S/C15H12ClN9/c1-9(11-15(19-5-4-17-11)25-22-6-7-23-25)24-14-10-2-3-18-13(16)12(10)20-8-21-14/h2-9H,1H3,(H,20,21,24). The van der Waals surface area contributed by atoms with E-state index < -0.39 is 0 Å². The minimum absolute atomic E-state index is 0.209. The largest absolute Gasteiger partial charge is 0.361 e. The van der Waals surface area contributed by atoms with Gasteiger partial charge in [-0.3, -0.25) is 4.98 Å². The predicted molar refractivity (Wildman–Crippen MR) is 91.3 cm³/mol. The lowest BCUT2D eigenvalue weighted by atomic mass is 10.2. The van der Waals surface area contributed by atoms with Crippen molar-refractivity contribution in [3.63, 3.8) is 0 Å². The number of pyridine rings is 1. The van der Waals surface area contributed by atoms with Crippen molar-refractivity contribution in [2.45, 2.75) is 13.0 Å². The molecule has 4 aromatic rings. The highest BCUT2D eigenvalue weighted by molar-refractivity contribution is 6.34. The van der Waals surface area contributed by atoms with Gasteiger partial charge in [-0.05, 0) is 13.0 Å². The molecule has 0 bridgehead atoms. The molecule has 0 spiro atoms. The van der Waals surface area contributed by atoms with E-state index in [1.165, 1.54) is 11.1 Å². The van der Waals surface area contributed by atoms with Gasteiger partial charge in [0.2, 0.25) is 0 Å². The van der Waals surface area contributed by atoms with Crippen LogP contribution in [0, 0.1) is 0 Å². The predicted octanol–water partition coefficient (Wildman–Crippen LogP) is 2.22. The first-order valence-corrected chi connectivity index (χ1v) is 7.81. The molecule has 124 valence electrons. The second kappa shape index (κ2) is 6.36. The molecule has 10 heteroatoms. The molecule has 0 saturated heterocycles. The summed E-state index contributed by atoms with van der Waals surface area (Å²) in [6, 6.07) is 1.60. The first kappa shape index (κ1) is 15.3. The molecule has 0 aliphatic carbocycles. The molecule has 0 fully saturated rings. The van der Waals surface area contributed by atoms with Crippen LogP contribution in [0.15, 0.2) is 43.4 Å². The van der Waals surface area contributed by atoms with Crippen LogP contribution in [0.3, 0.4) is 0 Å². The molecular weight excluding hydrogens is 342 g/mol. The number of halogens is 1. The van der Waals surface area contributed by atoms with Gasteiger partial charge < -0.3 is 5.32 Å². The average Bonchev–Trinajstić information content (AvgIpc) is 3.17. The Kier molecular flexibility index (Phi) is 3.90. The van der Waals surface area contributed by atoms with Crippen LogP contribution < -0.4 is 5.32 Å². The second-order valence-corrected chi connectivity index (χ2v) is 5.53. The molecule has 1 atom stereocenters. The zero-order valence-corrected chi connectivity index (χ0v) is 13.8. The van der Waals surface area contributed by atoms with Crippen molar-refractivity contribution in [1.82, 2.24) is 39.9 Å². The fraction of sp³-hybridized carbons (Fsp3) is 0.133. The van der Waals surface area contributed by atoms with E-state index in [0.717, 1.165) is 5.39 Å². The van der Waals surface area contributed by atoms with Gasteiger partial charge in [-0.25, -0.2) is 19.9 Å². The second-order valence-electron chi connectivity index (χ2n) is 5.17. The minimum Gasteiger partial charge on any atom is -0.361 e. The molecular formula is C15H12ClN9. The number of hydrogen-bond donors (Lipinski definition) is 1. The zero-order valence-electron chi connectivity index (χ0n) is 13.1. The van der Waals surface area contributed by atoms with Gasteiger partial charge in [0.05, 0.1) is 18.4 Å². The van der Waals surface area contributed by atoms with Gasteiger partial charge >= 0.3 is 0 Å². The van der Waals surface area contributed by atoms with Gasteiger partial charge in [-0.15, -0.1) is 4.80 Å². The Morgan fingerprint density at radius 1 is 0.960 bits per heavy atom. The monoisotopic (exact) mass is 353 g/mol. The van der Waals surface area contributed by atoms with Crippen molar-refractivity contribution in [2.75, 3.05) is 5.32 Å². The molecule has 4 aromatic heterocycles. The lowest BCUT2D eigenvalue weighted by molar-refractivity contribution is 0.690. The lowest BCUT2D eigenvalue weighted by Crippen LogP contribution is -2.16. The van der Waals surface area contributed by atoms with Crippen LogP contribution in [0.5, 0.6) is 0 Å². The van der Waals surface area contributed by atoms with Crippen LogP contribution >= 0.6 is 11.6 Å². The Labute approximate surface area is 147 Å². The summed E-state index contributed by atoms with van der Waals surface area (Å²) in [5.41, 5.74) is 1.27. The molecule has 0 amide bonds. The van der Waals surface area contributed by atoms with Crippen LogP contribution in [0.25, 0.3) is 16.7 Å². The molecule has 4 rings (SSSR count). The summed E-state index contributed by atoms with van der Waals surface area (Å²) < 4.78 is 0. The van der Waals surface area contributed by atoms with Gasteiger partial charge in [0.1, 0.15) is 23.4 Å². The minimum atomic E-state index is -0.209. The third kappa shape index (κ3) is 2.85. The molecule has 9 nitrogen and oxygen atoms in total. The van der Waals surface area contributed by atoms with Crippen LogP contribution in [0.2, 0.25) is 5.15 Å². The lowest BCUT2D eigenvalue weighted by Gasteiger charge is -2.17. The maximum atomic E-state index is 6.10. The van der Waals surface area contributed by atoms with Gasteiger partial charge in [0, 0.05) is 24.0 Å². The van der Waals surface area contributed by atoms with E-state index >= 15 is 0 Å². The number of aromatic nitrogens is 8. The summed E-state index contributed by atoms with van der Waals surface area (Å²) in [5.74, 6) is 1.18. The van der Waals surface area contributed by atoms with Crippen LogP contribution in [0.4, 0.5) is 5.82 Å². The Morgan fingerprint density at radius 2 is 1.76 bits per heavy atom. The Hall–Kier alpha value is -3.20. The quantitative estimate of drug-likeness (QED) is 0.556. The molecule has 0 aliphatic heterocycles. The first-order valence-electron chi connectivity index (χ1n) is 7.43. The van der Waals surface area contributed by atoms with Crippen molar-refractivity contribution < 1.29 is 0 Å². The first-order chi connectivity index (χ1) is 12.2. The third-order valence-electron chi connectivity index (χ3n) is 3.59. The van der Waals surface area contributed by atoms with E-state index in [9.17, 15) is 0 Å². The van der Waals surface area contributed by atoms with Crippen molar-refractivity contribution >= 4 is 28.3 Å². The SMILES string of the molecule is CC(Nc1ncnc2c(Cl)nccc12)c1nccnc1-n1nccn1. The fourth-order valence-corrected chi connectivity index (χ4v) is 2.68. The smallest absolute Gasteiger partial charge is 0.198 e. The zero-order chi connectivity index (χ0) is 17.2. The third-order valence-corrected chi connectivity index (χ3v) is 3.86. The highest BCUT2D eigenvalue weighted by Gasteiger charge is 2.17. The van der Waals surface area contributed by atoms with E-state index in [4.69, 9.17) is 11.6 Å². The van der Waals surface area contributed by atoms with Crippen molar-refractivity contribution in [2.24, 2.45) is 0 Å². The molecule has 25 heavy (non-hydrogen) atoms. The molecule has 4 heterocycles. The van der Waals surface area contributed by atoms with E-state index in [0.29, 0.717) is 28.0 Å². The van der Waals surface area contributed by atoms with Gasteiger partial charge in [-0.1, -0.05) is 11.6 Å². The molecule has 1 unspecified atom stereocenters. The number of hydrogen-bond acceptors (Lipinski definition) is 8. The average molecular weight is 354 g/mol. The van der Waals surface area contributed by atoms with E-state index in [1.807, 2.05) is 13.0 Å². The topological polar surface area (TPSA) is 107 Å². The van der Waals surface area contributed by atoms with E-state index in [2.05, 4.69) is 40.4 Å². The molecule has 1 N–H and O–H groups in total. The number of fused-ring (bicyclic) bond motifs is 1. The fourth-order valence-electron chi connectivity index (χ4n) is 2.47. The van der Waals surface area contributed by atoms with Crippen molar-refractivity contribution in [3.8, 4) is 5.82 Å². The molecule has 0 radical (unpaired) electrons. The number of anilines is 1. The summed E-state index contributed by atoms with van der Waals surface area (Å²) in [6.45, 7) is 1.95. The normalized spacial score (nSPS) is 12.2. The van der Waals surface area contributed by atoms with E-state index in [1.54, 1.807) is 31.0 Å². The van der Waals surface area contributed by atoms with Crippen molar-refractivity contribution in [1.29, 1.82) is 0 Å². The van der Waals surface area contributed by atoms with Crippen LogP contribution in [0.1, 0.15) is 18.7 Å².